The standard InChI is InChI=1S/C6H6O2.CHN/c7-5-2-1-3-6(8)4-5;1-2/h1-4,7-8H;1H. The largest absolute Gasteiger partial charge is 0.508 e. The van der Waals surface area contributed by atoms with E-state index in [4.69, 9.17) is 15.5 Å². The molecule has 10 heavy (non-hydrogen) atoms. The highest BCUT2D eigenvalue weighted by atomic mass is 16.3. The minimum Gasteiger partial charge on any atom is -0.508 e. The van der Waals surface area contributed by atoms with Gasteiger partial charge in [0.2, 0.25) is 0 Å². The van der Waals surface area contributed by atoms with Crippen molar-refractivity contribution >= 4 is 0 Å². The van der Waals surface area contributed by atoms with E-state index in [0.717, 1.165) is 0 Å². The molecule has 0 aliphatic rings. The lowest BCUT2D eigenvalue weighted by atomic mass is 10.3. The Kier molecular flexibility index (Phi) is 3.50. The van der Waals surface area contributed by atoms with E-state index in [1.165, 1.54) is 18.2 Å². The summed E-state index contributed by atoms with van der Waals surface area (Å²) in [4.78, 5) is 0. The Morgan fingerprint density at radius 1 is 1.10 bits per heavy atom. The number of hydrogen-bond acceptors (Lipinski definition) is 3. The van der Waals surface area contributed by atoms with Crippen LogP contribution in [-0.2, 0) is 0 Å². The predicted octanol–water partition coefficient (Wildman–Crippen LogP) is 1.24. The first-order chi connectivity index (χ1) is 4.79. The maximum Gasteiger partial charge on any atom is 0.119 e. The van der Waals surface area contributed by atoms with Crippen molar-refractivity contribution in [3.63, 3.8) is 0 Å². The summed E-state index contributed by atoms with van der Waals surface area (Å²) in [6.07, 6.45) is 0. The van der Waals surface area contributed by atoms with E-state index in [2.05, 4.69) is 6.57 Å². The second-order valence-corrected chi connectivity index (χ2v) is 1.52. The van der Waals surface area contributed by atoms with Gasteiger partial charge >= 0.3 is 0 Å². The molecule has 0 aliphatic heterocycles. The Bertz CT molecular complexity index is 203. The average Bonchev–Trinajstić information content (AvgIpc) is 1.91. The molecule has 0 spiro atoms. The lowest BCUT2D eigenvalue weighted by molar-refractivity contribution is 0.450. The first-order valence-electron chi connectivity index (χ1n) is 2.53. The fourth-order valence-corrected chi connectivity index (χ4v) is 0.493. The first kappa shape index (κ1) is 8.31. The summed E-state index contributed by atoms with van der Waals surface area (Å²) in [5.74, 6) is 0.176. The van der Waals surface area contributed by atoms with Gasteiger partial charge in [0.1, 0.15) is 11.5 Å². The Balaban J connectivity index is 0.000000371. The molecule has 0 amide bonds. The van der Waals surface area contributed by atoms with Crippen molar-refractivity contribution in [2.75, 3.05) is 0 Å². The normalized spacial score (nSPS) is 7.40. The molecule has 0 unspecified atom stereocenters. The van der Waals surface area contributed by atoms with E-state index in [1.807, 2.05) is 0 Å². The molecule has 0 bridgehead atoms. The van der Waals surface area contributed by atoms with E-state index >= 15 is 0 Å². The van der Waals surface area contributed by atoms with Crippen LogP contribution in [0.5, 0.6) is 11.5 Å². The van der Waals surface area contributed by atoms with Crippen molar-refractivity contribution in [3.8, 4) is 18.1 Å². The third kappa shape index (κ3) is 2.58. The number of nitrogens with zero attached hydrogens (tertiary/aromatic N) is 1. The van der Waals surface area contributed by atoms with Gasteiger partial charge in [0.15, 0.2) is 0 Å². The molecule has 0 aromatic heterocycles. The minimum atomic E-state index is 0.0880. The highest BCUT2D eigenvalue weighted by Gasteiger charge is 1.85. The Morgan fingerprint density at radius 2 is 1.50 bits per heavy atom. The summed E-state index contributed by atoms with van der Waals surface area (Å²) < 4.78 is 0. The molecule has 0 fully saturated rings. The van der Waals surface area contributed by atoms with E-state index in [-0.39, 0.29) is 11.5 Å². The summed E-state index contributed by atoms with van der Waals surface area (Å²) in [6, 6.07) is 5.85. The highest BCUT2D eigenvalue weighted by molar-refractivity contribution is 5.30. The maximum atomic E-state index is 8.65. The van der Waals surface area contributed by atoms with Gasteiger partial charge in [0.05, 0.1) is 0 Å². The Hall–Kier alpha value is -1.69. The molecule has 0 radical (unpaired) electrons. The van der Waals surface area contributed by atoms with Gasteiger partial charge in [0, 0.05) is 12.6 Å². The quantitative estimate of drug-likeness (QED) is 0.565. The zero-order valence-corrected chi connectivity index (χ0v) is 5.23. The monoisotopic (exact) mass is 137 g/mol. The van der Waals surface area contributed by atoms with Gasteiger partial charge in [-0.1, -0.05) is 6.07 Å². The predicted molar refractivity (Wildman–Crippen MR) is 36.4 cm³/mol. The van der Waals surface area contributed by atoms with Crippen LogP contribution in [0, 0.1) is 11.8 Å². The number of phenolic OH excluding ortho intramolecular Hbond substituents is 2. The lowest BCUT2D eigenvalue weighted by Crippen LogP contribution is -1.61. The van der Waals surface area contributed by atoms with Crippen LogP contribution >= 0.6 is 0 Å². The van der Waals surface area contributed by atoms with Gasteiger partial charge in [0.25, 0.3) is 0 Å². The van der Waals surface area contributed by atoms with E-state index in [1.54, 1.807) is 6.07 Å². The summed E-state index contributed by atoms with van der Waals surface area (Å²) >= 11 is 0. The van der Waals surface area contributed by atoms with Crippen molar-refractivity contribution in [1.29, 1.82) is 5.26 Å². The summed E-state index contributed by atoms with van der Waals surface area (Å²) in [6.45, 7) is 3.50. The van der Waals surface area contributed by atoms with E-state index in [9.17, 15) is 0 Å². The van der Waals surface area contributed by atoms with Crippen LogP contribution in [0.1, 0.15) is 0 Å². The molecular weight excluding hydrogens is 130 g/mol. The molecule has 0 heterocycles. The van der Waals surface area contributed by atoms with Crippen LogP contribution in [0.3, 0.4) is 0 Å². The van der Waals surface area contributed by atoms with Gasteiger partial charge in [-0.25, -0.2) is 5.26 Å². The minimum absolute atomic E-state index is 0.0880. The topological polar surface area (TPSA) is 64.2 Å². The molecule has 3 nitrogen and oxygen atoms in total. The van der Waals surface area contributed by atoms with Crippen LogP contribution in [-0.4, -0.2) is 10.2 Å². The van der Waals surface area contributed by atoms with Crippen molar-refractivity contribution in [1.82, 2.24) is 0 Å². The molecule has 1 aromatic rings. The van der Waals surface area contributed by atoms with Gasteiger partial charge in [-0.15, -0.1) is 0 Å². The van der Waals surface area contributed by atoms with Crippen LogP contribution in [0.2, 0.25) is 0 Å². The van der Waals surface area contributed by atoms with Crippen LogP contribution in [0.25, 0.3) is 0 Å². The molecule has 0 saturated carbocycles. The smallest absolute Gasteiger partial charge is 0.119 e. The van der Waals surface area contributed by atoms with Crippen molar-refractivity contribution in [2.45, 2.75) is 0 Å². The van der Waals surface area contributed by atoms with Crippen molar-refractivity contribution < 1.29 is 10.2 Å². The van der Waals surface area contributed by atoms with Crippen LogP contribution in [0.15, 0.2) is 24.3 Å². The lowest BCUT2D eigenvalue weighted by Gasteiger charge is -1.89. The van der Waals surface area contributed by atoms with Gasteiger partial charge in [-0.2, -0.15) is 0 Å². The van der Waals surface area contributed by atoms with Crippen LogP contribution in [0.4, 0.5) is 0 Å². The zero-order chi connectivity index (χ0) is 7.98. The van der Waals surface area contributed by atoms with E-state index < -0.39 is 0 Å². The molecule has 0 aliphatic carbocycles. The zero-order valence-electron chi connectivity index (χ0n) is 5.23. The number of rotatable bonds is 0. The fourth-order valence-electron chi connectivity index (χ4n) is 0.493. The summed E-state index contributed by atoms with van der Waals surface area (Å²) in [5, 5.41) is 23.8. The summed E-state index contributed by atoms with van der Waals surface area (Å²) in [7, 11) is 0. The van der Waals surface area contributed by atoms with Gasteiger partial charge in [-0.3, -0.25) is 0 Å². The second-order valence-electron chi connectivity index (χ2n) is 1.52. The summed E-state index contributed by atoms with van der Waals surface area (Å²) in [5.41, 5.74) is 0. The molecule has 0 saturated heterocycles. The van der Waals surface area contributed by atoms with Crippen molar-refractivity contribution in [3.05, 3.63) is 24.3 Å². The second kappa shape index (κ2) is 4.21. The maximum absolute atomic E-state index is 8.65. The number of phenols is 2. The van der Waals surface area contributed by atoms with Gasteiger partial charge < -0.3 is 10.2 Å². The number of nitriles is 1. The average molecular weight is 137 g/mol. The van der Waals surface area contributed by atoms with Crippen LogP contribution < -0.4 is 0 Å². The van der Waals surface area contributed by atoms with Crippen molar-refractivity contribution in [2.24, 2.45) is 0 Å². The third-order valence-electron chi connectivity index (χ3n) is 0.830. The molecule has 52 valence electrons. The third-order valence-corrected chi connectivity index (χ3v) is 0.830. The number of hydrogen-bond donors (Lipinski definition) is 2. The highest BCUT2D eigenvalue weighted by Crippen LogP contribution is 2.14. The Labute approximate surface area is 58.8 Å². The fraction of sp³-hybridized carbons (Fsp3) is 0. The molecule has 1 rings (SSSR count). The number of aromatic hydroxyl groups is 2. The molecule has 1 aromatic carbocycles. The van der Waals surface area contributed by atoms with E-state index in [0.29, 0.717) is 0 Å². The Morgan fingerprint density at radius 3 is 1.70 bits per heavy atom. The number of benzene rings is 1. The molecule has 2 N–H and O–H groups in total. The molecular formula is C7H7NO2. The SMILES string of the molecule is C#N.Oc1cccc(O)c1. The first-order valence-corrected chi connectivity index (χ1v) is 2.53. The van der Waals surface area contributed by atoms with Gasteiger partial charge in [-0.05, 0) is 12.1 Å². The molecule has 0 atom stereocenters. The molecule has 3 heteroatoms.